The Morgan fingerprint density at radius 1 is 1.15 bits per heavy atom. The van der Waals surface area contributed by atoms with Crippen molar-refractivity contribution < 1.29 is 9.53 Å². The average Bonchev–Trinajstić information content (AvgIpc) is 2.68. The summed E-state index contributed by atoms with van der Waals surface area (Å²) >= 11 is 5.46. The molecule has 0 radical (unpaired) electrons. The number of benzene rings is 2. The van der Waals surface area contributed by atoms with E-state index in [1.54, 1.807) is 6.92 Å². The first kappa shape index (κ1) is 17.8. The van der Waals surface area contributed by atoms with E-state index < -0.39 is 17.8 Å². The fraction of sp³-hybridized carbons (Fsp3) is 0.190. The maximum Gasteiger partial charge on any atom is 0.336 e. The number of nitrogens with one attached hydrogen (secondary N) is 1. The smallest absolute Gasteiger partial charge is 0.336 e. The van der Waals surface area contributed by atoms with Crippen molar-refractivity contribution >= 4 is 28.9 Å². The highest BCUT2D eigenvalue weighted by molar-refractivity contribution is 7.80. The molecule has 4 nitrogen and oxygen atoms in total. The fourth-order valence-electron chi connectivity index (χ4n) is 3.16. The highest BCUT2D eigenvalue weighted by Crippen LogP contribution is 2.40. The molecule has 1 heterocycles. The minimum absolute atomic E-state index is 0.258. The lowest BCUT2D eigenvalue weighted by Gasteiger charge is -2.33. The van der Waals surface area contributed by atoms with Crippen molar-refractivity contribution in [1.82, 2.24) is 5.32 Å². The van der Waals surface area contributed by atoms with Crippen molar-refractivity contribution in [2.24, 2.45) is 5.92 Å². The second-order valence-electron chi connectivity index (χ2n) is 5.86. The highest BCUT2D eigenvalue weighted by atomic mass is 32.1. The Balaban J connectivity index is 2.26. The topological polar surface area (TPSA) is 62.1 Å². The van der Waals surface area contributed by atoms with Crippen LogP contribution in [0.2, 0.25) is 0 Å². The molecule has 2 aromatic carbocycles. The summed E-state index contributed by atoms with van der Waals surface area (Å²) in [4.78, 5) is 13.3. The summed E-state index contributed by atoms with van der Waals surface area (Å²) in [5, 5.41) is 12.8. The Morgan fingerprint density at radius 2 is 1.77 bits per heavy atom. The van der Waals surface area contributed by atoms with Gasteiger partial charge < -0.3 is 10.1 Å². The zero-order valence-electron chi connectivity index (χ0n) is 14.3. The van der Waals surface area contributed by atoms with E-state index in [-0.39, 0.29) is 6.61 Å². The molecule has 3 rings (SSSR count). The molecule has 1 N–H and O–H groups in total. The predicted molar refractivity (Wildman–Crippen MR) is 104 cm³/mol. The lowest BCUT2D eigenvalue weighted by Crippen LogP contribution is -2.40. The van der Waals surface area contributed by atoms with Crippen LogP contribution in [0.5, 0.6) is 0 Å². The van der Waals surface area contributed by atoms with Gasteiger partial charge in [0.15, 0.2) is 0 Å². The van der Waals surface area contributed by atoms with E-state index in [4.69, 9.17) is 17.0 Å². The summed E-state index contributed by atoms with van der Waals surface area (Å²) in [5.41, 5.74) is 2.73. The summed E-state index contributed by atoms with van der Waals surface area (Å²) in [6.07, 6.45) is 0. The zero-order valence-corrected chi connectivity index (χ0v) is 15.1. The third-order valence-electron chi connectivity index (χ3n) is 4.30. The number of hydrogen-bond donors (Lipinski definition) is 1. The normalized spacial score (nSPS) is 19.5. The van der Waals surface area contributed by atoms with Crippen LogP contribution in [-0.2, 0) is 9.53 Å². The minimum Gasteiger partial charge on any atom is -0.463 e. The highest BCUT2D eigenvalue weighted by Gasteiger charge is 2.40. The zero-order chi connectivity index (χ0) is 18.5. The number of hydrogen-bond acceptors (Lipinski definition) is 4. The van der Waals surface area contributed by atoms with E-state index in [2.05, 4.69) is 11.4 Å². The van der Waals surface area contributed by atoms with E-state index in [9.17, 15) is 10.1 Å². The van der Waals surface area contributed by atoms with Crippen molar-refractivity contribution in [3.8, 4) is 6.07 Å². The van der Waals surface area contributed by atoms with Gasteiger partial charge in [0.05, 0.1) is 28.9 Å². The molecular weight excluding hydrogens is 344 g/mol. The molecule has 0 aliphatic carbocycles. The quantitative estimate of drug-likeness (QED) is 0.662. The molecule has 0 saturated heterocycles. The number of esters is 1. The van der Waals surface area contributed by atoms with Gasteiger partial charge in [-0.25, -0.2) is 4.79 Å². The van der Waals surface area contributed by atoms with Crippen LogP contribution in [0.4, 0.5) is 0 Å². The Hall–Kier alpha value is -2.97. The lowest BCUT2D eigenvalue weighted by molar-refractivity contribution is -0.138. The van der Waals surface area contributed by atoms with Gasteiger partial charge in [0.1, 0.15) is 5.92 Å². The van der Waals surface area contributed by atoms with Crippen LogP contribution in [0.15, 0.2) is 66.2 Å². The van der Waals surface area contributed by atoms with E-state index in [0.29, 0.717) is 16.3 Å². The molecule has 1 aliphatic rings. The largest absolute Gasteiger partial charge is 0.463 e. The second-order valence-corrected chi connectivity index (χ2v) is 6.30. The monoisotopic (exact) mass is 362 g/mol. The Morgan fingerprint density at radius 3 is 2.35 bits per heavy atom. The molecule has 2 atom stereocenters. The Bertz CT molecular complexity index is 885. The molecule has 0 fully saturated rings. The molecular formula is C21H18N2O2S. The van der Waals surface area contributed by atoms with Gasteiger partial charge in [-0.1, -0.05) is 72.9 Å². The van der Waals surface area contributed by atoms with E-state index in [1.807, 2.05) is 60.7 Å². The third kappa shape index (κ3) is 3.37. The van der Waals surface area contributed by atoms with E-state index in [0.717, 1.165) is 11.1 Å². The molecule has 130 valence electrons. The SMILES string of the molecule is CCOC(=O)C1=C(c2ccccc2)NC(=S)[C@H](C#N)[C@@H]1c1ccccc1. The molecule has 0 unspecified atom stereocenters. The summed E-state index contributed by atoms with van der Waals surface area (Å²) in [7, 11) is 0. The van der Waals surface area contributed by atoms with Gasteiger partial charge in [-0.05, 0) is 18.1 Å². The first-order chi connectivity index (χ1) is 12.7. The number of rotatable bonds is 4. The van der Waals surface area contributed by atoms with E-state index in [1.165, 1.54) is 0 Å². The van der Waals surface area contributed by atoms with Crippen LogP contribution in [0, 0.1) is 17.2 Å². The molecule has 1 aliphatic heterocycles. The third-order valence-corrected chi connectivity index (χ3v) is 4.66. The van der Waals surface area contributed by atoms with Gasteiger partial charge in [0, 0.05) is 5.92 Å². The maximum atomic E-state index is 12.9. The van der Waals surface area contributed by atoms with E-state index >= 15 is 0 Å². The summed E-state index contributed by atoms with van der Waals surface area (Å²) in [5.74, 6) is -1.56. The standard InChI is InChI=1S/C21H18N2O2S/c1-2-25-21(24)18-17(14-9-5-3-6-10-14)16(13-22)20(26)23-19(18)15-11-7-4-8-12-15/h3-12,16-17H,2H2,1H3,(H,23,26)/t16-,17+/m1/s1. The Kier molecular flexibility index (Phi) is 5.45. The predicted octanol–water partition coefficient (Wildman–Crippen LogP) is 3.81. The molecule has 0 saturated carbocycles. The van der Waals surface area contributed by atoms with Gasteiger partial charge in [0.2, 0.25) is 0 Å². The van der Waals surface area contributed by atoms with Crippen molar-refractivity contribution in [3.63, 3.8) is 0 Å². The molecule has 2 aromatic rings. The van der Waals surface area contributed by atoms with Crippen LogP contribution >= 0.6 is 12.2 Å². The van der Waals surface area contributed by atoms with Gasteiger partial charge in [-0.15, -0.1) is 0 Å². The number of nitrogens with zero attached hydrogens (tertiary/aromatic N) is 1. The van der Waals surface area contributed by atoms with Gasteiger partial charge in [-0.2, -0.15) is 5.26 Å². The van der Waals surface area contributed by atoms with Crippen molar-refractivity contribution in [3.05, 3.63) is 77.4 Å². The number of nitriles is 1. The second kappa shape index (κ2) is 7.94. The van der Waals surface area contributed by atoms with Crippen LogP contribution in [0.1, 0.15) is 24.0 Å². The summed E-state index contributed by atoms with van der Waals surface area (Å²) < 4.78 is 5.32. The lowest BCUT2D eigenvalue weighted by atomic mass is 9.76. The first-order valence-electron chi connectivity index (χ1n) is 8.39. The van der Waals surface area contributed by atoms with Crippen LogP contribution in [0.25, 0.3) is 5.70 Å². The molecule has 26 heavy (non-hydrogen) atoms. The Labute approximate surface area is 158 Å². The first-order valence-corrected chi connectivity index (χ1v) is 8.80. The number of carbonyl (C=O) groups excluding carboxylic acids is 1. The summed E-state index contributed by atoms with van der Waals surface area (Å²) in [6, 6.07) is 21.2. The van der Waals surface area contributed by atoms with Crippen LogP contribution in [-0.4, -0.2) is 17.6 Å². The maximum absolute atomic E-state index is 12.9. The molecule has 0 aromatic heterocycles. The van der Waals surface area contributed by atoms with Crippen LogP contribution in [0.3, 0.4) is 0 Å². The molecule has 0 amide bonds. The van der Waals surface area contributed by atoms with Crippen molar-refractivity contribution in [2.75, 3.05) is 6.61 Å². The summed E-state index contributed by atoms with van der Waals surface area (Å²) in [6.45, 7) is 2.02. The fourth-order valence-corrected chi connectivity index (χ4v) is 3.46. The number of carbonyl (C=O) groups is 1. The number of thiocarbonyl (C=S) groups is 1. The van der Waals surface area contributed by atoms with Gasteiger partial charge >= 0.3 is 5.97 Å². The van der Waals surface area contributed by atoms with Gasteiger partial charge in [0.25, 0.3) is 0 Å². The minimum atomic E-state index is -0.640. The molecule has 5 heteroatoms. The van der Waals surface area contributed by atoms with Crippen molar-refractivity contribution in [2.45, 2.75) is 12.8 Å². The number of ether oxygens (including phenoxy) is 1. The molecule has 0 bridgehead atoms. The average molecular weight is 362 g/mol. The van der Waals surface area contributed by atoms with Crippen LogP contribution < -0.4 is 5.32 Å². The van der Waals surface area contributed by atoms with Crippen molar-refractivity contribution in [1.29, 1.82) is 5.26 Å². The molecule has 0 spiro atoms. The van der Waals surface area contributed by atoms with Gasteiger partial charge in [-0.3, -0.25) is 0 Å².